The molecule has 4 heteroatoms. The van der Waals surface area contributed by atoms with Gasteiger partial charge in [-0.1, -0.05) is 0 Å². The fourth-order valence-corrected chi connectivity index (χ4v) is 2.08. The van der Waals surface area contributed by atoms with Gasteiger partial charge in [0.15, 0.2) is 0 Å². The highest BCUT2D eigenvalue weighted by Crippen LogP contribution is 2.42. The maximum absolute atomic E-state index is 5.61. The van der Waals surface area contributed by atoms with Gasteiger partial charge in [0.1, 0.15) is 0 Å². The molecule has 1 aliphatic carbocycles. The molecule has 0 bridgehead atoms. The Labute approximate surface area is 73.1 Å². The summed E-state index contributed by atoms with van der Waals surface area (Å²) in [6.45, 7) is 3.56. The van der Waals surface area contributed by atoms with Crippen LogP contribution in [0.15, 0.2) is 0 Å². The smallest absolute Gasteiger partial charge is 0.0351 e. The Morgan fingerprint density at radius 1 is 1.33 bits per heavy atom. The van der Waals surface area contributed by atoms with Gasteiger partial charge in [0.25, 0.3) is 0 Å². The standard InChI is InChI=1S/C8H18N4/c9-2-6-1-8(6)5-11-7(3-10)4-12-8/h6-7,11-12H,1-5,9-10H2. The van der Waals surface area contributed by atoms with Gasteiger partial charge in [0.05, 0.1) is 0 Å². The average molecular weight is 170 g/mol. The highest BCUT2D eigenvalue weighted by Gasteiger charge is 2.54. The van der Waals surface area contributed by atoms with Gasteiger partial charge in [0, 0.05) is 31.2 Å². The Kier molecular flexibility index (Phi) is 2.08. The predicted molar refractivity (Wildman–Crippen MR) is 48.7 cm³/mol. The normalized spacial score (nSPS) is 46.5. The van der Waals surface area contributed by atoms with Gasteiger partial charge in [-0.25, -0.2) is 0 Å². The molecule has 4 nitrogen and oxygen atoms in total. The van der Waals surface area contributed by atoms with E-state index in [1.165, 1.54) is 6.42 Å². The number of hydrogen-bond acceptors (Lipinski definition) is 4. The third-order valence-corrected chi connectivity index (χ3v) is 3.21. The van der Waals surface area contributed by atoms with Crippen LogP contribution in [0.25, 0.3) is 0 Å². The highest BCUT2D eigenvalue weighted by molar-refractivity contribution is 5.14. The van der Waals surface area contributed by atoms with Crippen molar-refractivity contribution in [2.45, 2.75) is 18.0 Å². The molecule has 2 rings (SSSR count). The summed E-state index contributed by atoms with van der Waals surface area (Å²) >= 11 is 0. The minimum atomic E-state index is 0.334. The Balaban J connectivity index is 1.84. The molecule has 2 aliphatic rings. The van der Waals surface area contributed by atoms with E-state index < -0.39 is 0 Å². The Hall–Kier alpha value is -0.160. The lowest BCUT2D eigenvalue weighted by Crippen LogP contribution is -2.59. The van der Waals surface area contributed by atoms with E-state index in [1.54, 1.807) is 0 Å². The van der Waals surface area contributed by atoms with Crippen molar-refractivity contribution in [2.24, 2.45) is 17.4 Å². The quantitative estimate of drug-likeness (QED) is 0.395. The highest BCUT2D eigenvalue weighted by atomic mass is 15.2. The molecule has 0 aromatic carbocycles. The number of piperazine rings is 1. The molecule has 0 amide bonds. The minimum Gasteiger partial charge on any atom is -0.330 e. The van der Waals surface area contributed by atoms with Gasteiger partial charge < -0.3 is 22.1 Å². The van der Waals surface area contributed by atoms with E-state index in [0.29, 0.717) is 17.5 Å². The van der Waals surface area contributed by atoms with E-state index in [9.17, 15) is 0 Å². The third-order valence-electron chi connectivity index (χ3n) is 3.21. The predicted octanol–water partition coefficient (Wildman–Crippen LogP) is -1.78. The van der Waals surface area contributed by atoms with Crippen molar-refractivity contribution in [3.8, 4) is 0 Å². The van der Waals surface area contributed by atoms with Crippen LogP contribution in [0.5, 0.6) is 0 Å². The maximum Gasteiger partial charge on any atom is 0.0351 e. The second kappa shape index (κ2) is 2.96. The fraction of sp³-hybridized carbons (Fsp3) is 1.00. The van der Waals surface area contributed by atoms with Crippen molar-refractivity contribution >= 4 is 0 Å². The van der Waals surface area contributed by atoms with Crippen molar-refractivity contribution in [3.05, 3.63) is 0 Å². The number of rotatable bonds is 2. The lowest BCUT2D eigenvalue weighted by molar-refractivity contribution is 0.318. The van der Waals surface area contributed by atoms with Crippen molar-refractivity contribution < 1.29 is 0 Å². The number of hydrogen-bond donors (Lipinski definition) is 4. The van der Waals surface area contributed by atoms with Gasteiger partial charge >= 0.3 is 0 Å². The molecule has 1 aliphatic heterocycles. The monoisotopic (exact) mass is 170 g/mol. The lowest BCUT2D eigenvalue weighted by Gasteiger charge is -2.31. The van der Waals surface area contributed by atoms with Crippen LogP contribution in [-0.2, 0) is 0 Å². The molecule has 3 unspecified atom stereocenters. The summed E-state index contributed by atoms with van der Waals surface area (Å²) in [7, 11) is 0. The van der Waals surface area contributed by atoms with E-state index in [4.69, 9.17) is 11.5 Å². The van der Waals surface area contributed by atoms with Crippen molar-refractivity contribution in [2.75, 3.05) is 26.2 Å². The van der Waals surface area contributed by atoms with Crippen LogP contribution in [0.4, 0.5) is 0 Å². The van der Waals surface area contributed by atoms with Crippen LogP contribution >= 0.6 is 0 Å². The summed E-state index contributed by atoms with van der Waals surface area (Å²) < 4.78 is 0. The van der Waals surface area contributed by atoms with E-state index in [2.05, 4.69) is 10.6 Å². The Bertz CT molecular complexity index is 162. The first-order chi connectivity index (χ1) is 5.80. The van der Waals surface area contributed by atoms with E-state index in [-0.39, 0.29) is 0 Å². The molecule has 1 spiro atoms. The summed E-state index contributed by atoms with van der Waals surface area (Å²) in [5, 5.41) is 6.99. The van der Waals surface area contributed by atoms with Crippen molar-refractivity contribution in [1.29, 1.82) is 0 Å². The van der Waals surface area contributed by atoms with Gasteiger partial charge in [-0.2, -0.15) is 0 Å². The summed E-state index contributed by atoms with van der Waals surface area (Å²) in [6, 6.07) is 0.453. The average Bonchev–Trinajstić information content (AvgIpc) is 2.81. The topological polar surface area (TPSA) is 76.1 Å². The molecule has 2 fully saturated rings. The maximum atomic E-state index is 5.61. The van der Waals surface area contributed by atoms with Crippen LogP contribution in [0, 0.1) is 5.92 Å². The fourth-order valence-electron chi connectivity index (χ4n) is 2.08. The minimum absolute atomic E-state index is 0.334. The van der Waals surface area contributed by atoms with Crippen molar-refractivity contribution in [1.82, 2.24) is 10.6 Å². The summed E-state index contributed by atoms with van der Waals surface area (Å²) in [5.74, 6) is 0.684. The van der Waals surface area contributed by atoms with E-state index >= 15 is 0 Å². The zero-order valence-corrected chi connectivity index (χ0v) is 7.34. The molecule has 1 saturated heterocycles. The molecule has 70 valence electrons. The summed E-state index contributed by atoms with van der Waals surface area (Å²) in [6.07, 6.45) is 1.23. The first-order valence-electron chi connectivity index (χ1n) is 4.69. The van der Waals surface area contributed by atoms with Gasteiger partial charge in [-0.05, 0) is 18.9 Å². The number of nitrogens with two attached hydrogens (primary N) is 2. The molecule has 0 radical (unpaired) electrons. The van der Waals surface area contributed by atoms with Crippen LogP contribution in [0.3, 0.4) is 0 Å². The van der Waals surface area contributed by atoms with Gasteiger partial charge in [0.2, 0.25) is 0 Å². The molecule has 6 N–H and O–H groups in total. The molecule has 12 heavy (non-hydrogen) atoms. The van der Waals surface area contributed by atoms with Crippen LogP contribution in [-0.4, -0.2) is 37.8 Å². The van der Waals surface area contributed by atoms with Crippen molar-refractivity contribution in [3.63, 3.8) is 0 Å². The van der Waals surface area contributed by atoms with Gasteiger partial charge in [-0.15, -0.1) is 0 Å². The van der Waals surface area contributed by atoms with Crippen LogP contribution < -0.4 is 22.1 Å². The SMILES string of the molecule is NCC1CNC2(CN1)CC2CN. The zero-order valence-electron chi connectivity index (χ0n) is 7.34. The molecule has 0 aromatic heterocycles. The molecular weight excluding hydrogens is 152 g/mol. The zero-order chi connectivity index (χ0) is 8.60. The van der Waals surface area contributed by atoms with E-state index in [1.807, 2.05) is 0 Å². The van der Waals surface area contributed by atoms with Gasteiger partial charge in [-0.3, -0.25) is 0 Å². The number of nitrogens with one attached hydrogen (secondary N) is 2. The molecular formula is C8H18N4. The first-order valence-corrected chi connectivity index (χ1v) is 4.69. The third kappa shape index (κ3) is 1.25. The van der Waals surface area contributed by atoms with Crippen LogP contribution in [0.1, 0.15) is 6.42 Å². The van der Waals surface area contributed by atoms with Crippen LogP contribution in [0.2, 0.25) is 0 Å². The molecule has 0 aromatic rings. The lowest BCUT2D eigenvalue weighted by atomic mass is 10.1. The second-order valence-corrected chi connectivity index (χ2v) is 3.99. The Morgan fingerprint density at radius 3 is 2.58 bits per heavy atom. The molecule has 3 atom stereocenters. The summed E-state index contributed by atoms with van der Waals surface area (Å²) in [4.78, 5) is 0. The largest absolute Gasteiger partial charge is 0.330 e. The summed E-state index contributed by atoms with van der Waals surface area (Å²) in [5.41, 5.74) is 11.5. The molecule has 1 saturated carbocycles. The van der Waals surface area contributed by atoms with E-state index in [0.717, 1.165) is 26.2 Å². The first kappa shape index (κ1) is 8.44. The Morgan fingerprint density at radius 2 is 2.17 bits per heavy atom. The molecule has 1 heterocycles. The second-order valence-electron chi connectivity index (χ2n) is 3.99.